The van der Waals surface area contributed by atoms with Crippen LogP contribution >= 0.6 is 11.3 Å². The molecule has 0 fully saturated rings. The van der Waals surface area contributed by atoms with Gasteiger partial charge in [-0.3, -0.25) is 0 Å². The Labute approximate surface area is 327 Å². The molecule has 0 saturated carbocycles. The Hall–Kier alpha value is -7.21. The number of thiophene rings is 1. The summed E-state index contributed by atoms with van der Waals surface area (Å²) in [5.41, 5.74) is 11.1. The molecule has 0 N–H and O–H groups in total. The van der Waals surface area contributed by atoms with E-state index in [1.165, 1.54) is 15.5 Å². The van der Waals surface area contributed by atoms with E-state index in [0.717, 1.165) is 76.7 Å². The normalized spacial score (nSPS) is 11.6. The van der Waals surface area contributed by atoms with E-state index in [2.05, 4.69) is 170 Å². The third-order valence-corrected chi connectivity index (χ3v) is 11.7. The Balaban J connectivity index is 1.12. The Kier molecular flexibility index (Phi) is 7.64. The molecule has 0 aliphatic heterocycles. The molecule has 0 unspecified atom stereocenters. The highest BCUT2D eigenvalue weighted by atomic mass is 32.1. The fraction of sp³-hybridized carbons (Fsp3) is 0. The van der Waals surface area contributed by atoms with Crippen LogP contribution in [0.25, 0.3) is 110 Å². The van der Waals surface area contributed by atoms with Crippen LogP contribution in [0.1, 0.15) is 0 Å². The maximum atomic E-state index is 6.56. The first kappa shape index (κ1) is 32.2. The Bertz CT molecular complexity index is 3180. The largest absolute Gasteiger partial charge is 0.456 e. The third-order valence-electron chi connectivity index (χ3n) is 10.5. The number of hydrogen-bond donors (Lipinski definition) is 0. The smallest absolute Gasteiger partial charge is 0.165 e. The van der Waals surface area contributed by atoms with Crippen molar-refractivity contribution in [2.24, 2.45) is 0 Å². The van der Waals surface area contributed by atoms with Crippen LogP contribution in [0.5, 0.6) is 0 Å². The molecule has 0 atom stereocenters. The van der Waals surface area contributed by atoms with Crippen molar-refractivity contribution in [3.05, 3.63) is 188 Å². The molecule has 11 aromatic rings. The van der Waals surface area contributed by atoms with Gasteiger partial charge in [-0.2, -0.15) is 0 Å². The van der Waals surface area contributed by atoms with Crippen molar-refractivity contribution in [1.29, 1.82) is 0 Å². The Morgan fingerprint density at radius 1 is 0.321 bits per heavy atom. The topological polar surface area (TPSA) is 51.8 Å². The molecular formula is C51H31N3OS. The molecule has 262 valence electrons. The fourth-order valence-corrected chi connectivity index (χ4v) is 8.97. The van der Waals surface area contributed by atoms with Crippen molar-refractivity contribution in [3.63, 3.8) is 0 Å². The summed E-state index contributed by atoms with van der Waals surface area (Å²) in [7, 11) is 0. The summed E-state index contributed by atoms with van der Waals surface area (Å²) in [6.07, 6.45) is 0. The highest BCUT2D eigenvalue weighted by Gasteiger charge is 2.19. The average molecular weight is 734 g/mol. The zero-order chi connectivity index (χ0) is 37.0. The molecule has 8 aromatic carbocycles. The van der Waals surface area contributed by atoms with Gasteiger partial charge < -0.3 is 4.42 Å². The molecule has 0 amide bonds. The zero-order valence-electron chi connectivity index (χ0n) is 30.1. The van der Waals surface area contributed by atoms with E-state index < -0.39 is 0 Å². The minimum atomic E-state index is 0.585. The van der Waals surface area contributed by atoms with E-state index in [4.69, 9.17) is 19.4 Å². The van der Waals surface area contributed by atoms with Crippen LogP contribution in [-0.2, 0) is 0 Å². The van der Waals surface area contributed by atoms with Gasteiger partial charge in [-0.05, 0) is 88.0 Å². The molecule has 3 heterocycles. The van der Waals surface area contributed by atoms with Crippen LogP contribution in [0.15, 0.2) is 192 Å². The van der Waals surface area contributed by atoms with Crippen LogP contribution in [0.2, 0.25) is 0 Å². The number of rotatable bonds is 6. The molecule has 3 aromatic heterocycles. The van der Waals surface area contributed by atoms with Gasteiger partial charge in [-0.25, -0.2) is 15.0 Å². The molecule has 0 bridgehead atoms. The quantitative estimate of drug-likeness (QED) is 0.171. The maximum absolute atomic E-state index is 6.56. The summed E-state index contributed by atoms with van der Waals surface area (Å²) in [4.78, 5) is 15.8. The number of furan rings is 1. The molecule has 4 nitrogen and oxygen atoms in total. The van der Waals surface area contributed by atoms with Crippen molar-refractivity contribution in [2.45, 2.75) is 0 Å². The summed E-state index contributed by atoms with van der Waals surface area (Å²) in [5.74, 6) is 1.82. The van der Waals surface area contributed by atoms with E-state index >= 15 is 0 Å². The second-order valence-corrected chi connectivity index (χ2v) is 15.1. The van der Waals surface area contributed by atoms with Gasteiger partial charge in [0, 0.05) is 47.6 Å². The first-order chi connectivity index (χ1) is 27.7. The molecule has 11 rings (SSSR count). The van der Waals surface area contributed by atoms with Crippen LogP contribution in [0.3, 0.4) is 0 Å². The lowest BCUT2D eigenvalue weighted by Gasteiger charge is -2.13. The minimum absolute atomic E-state index is 0.585. The zero-order valence-corrected chi connectivity index (χ0v) is 30.9. The summed E-state index contributed by atoms with van der Waals surface area (Å²) < 4.78 is 8.95. The van der Waals surface area contributed by atoms with E-state index in [-0.39, 0.29) is 0 Å². The third kappa shape index (κ3) is 5.65. The van der Waals surface area contributed by atoms with Gasteiger partial charge in [-0.1, -0.05) is 133 Å². The molecule has 0 aliphatic rings. The van der Waals surface area contributed by atoms with Crippen LogP contribution in [-0.4, -0.2) is 15.0 Å². The van der Waals surface area contributed by atoms with Gasteiger partial charge in [0.1, 0.15) is 11.2 Å². The van der Waals surface area contributed by atoms with Gasteiger partial charge in [0.15, 0.2) is 17.5 Å². The van der Waals surface area contributed by atoms with Gasteiger partial charge in [0.2, 0.25) is 0 Å². The van der Waals surface area contributed by atoms with Gasteiger partial charge in [0.05, 0.1) is 0 Å². The molecule has 0 radical (unpaired) electrons. The number of aromatic nitrogens is 3. The predicted molar refractivity (Wildman–Crippen MR) is 233 cm³/mol. The molecule has 5 heteroatoms. The summed E-state index contributed by atoms with van der Waals surface area (Å²) in [5, 5.41) is 4.56. The van der Waals surface area contributed by atoms with Gasteiger partial charge >= 0.3 is 0 Å². The summed E-state index contributed by atoms with van der Waals surface area (Å²) >= 11 is 1.77. The summed E-state index contributed by atoms with van der Waals surface area (Å²) in [6.45, 7) is 0. The van der Waals surface area contributed by atoms with Crippen molar-refractivity contribution in [2.75, 3.05) is 0 Å². The highest BCUT2D eigenvalue weighted by Crippen LogP contribution is 2.41. The number of hydrogen-bond acceptors (Lipinski definition) is 5. The van der Waals surface area contributed by atoms with Gasteiger partial charge in [-0.15, -0.1) is 11.3 Å². The first-order valence-corrected chi connectivity index (χ1v) is 19.5. The molecular weight excluding hydrogens is 703 g/mol. The predicted octanol–water partition coefficient (Wildman–Crippen LogP) is 14.1. The van der Waals surface area contributed by atoms with Crippen molar-refractivity contribution < 1.29 is 4.42 Å². The number of nitrogens with zero attached hydrogens (tertiary/aromatic N) is 3. The molecule has 56 heavy (non-hydrogen) atoms. The van der Waals surface area contributed by atoms with E-state index in [1.54, 1.807) is 11.3 Å². The molecule has 0 saturated heterocycles. The fourth-order valence-electron chi connectivity index (χ4n) is 7.76. The second-order valence-electron chi connectivity index (χ2n) is 14.0. The Morgan fingerprint density at radius 3 is 1.48 bits per heavy atom. The van der Waals surface area contributed by atoms with Crippen LogP contribution in [0, 0.1) is 0 Å². The standard InChI is InChI=1S/C51H31N3OS/c1-4-13-32(14-5-1)35-23-25-40-41-26-24-36(31-46(41)55-45(40)30-35)49-52-50(54-51(53-49)44-21-12-20-43-42-19-10-11-22-47(42)56-48(43)44)39-28-37(33-15-6-2-7-16-33)27-38(29-39)34-17-8-3-9-18-34/h1-31H. The van der Waals surface area contributed by atoms with Crippen LogP contribution < -0.4 is 0 Å². The van der Waals surface area contributed by atoms with Crippen molar-refractivity contribution >= 4 is 53.4 Å². The van der Waals surface area contributed by atoms with E-state index in [1.807, 2.05) is 18.2 Å². The Morgan fingerprint density at radius 2 is 0.821 bits per heavy atom. The number of fused-ring (bicyclic) bond motifs is 6. The SMILES string of the molecule is c1ccc(-c2cc(-c3ccccc3)cc(-c3nc(-c4ccc5c(c4)oc4cc(-c6ccccc6)ccc45)nc(-c4cccc5c4sc4ccccc45)n3)c2)cc1. The molecule has 0 aliphatic carbocycles. The lowest BCUT2D eigenvalue weighted by atomic mass is 9.96. The van der Waals surface area contributed by atoms with E-state index in [0.29, 0.717) is 17.5 Å². The highest BCUT2D eigenvalue weighted by molar-refractivity contribution is 7.26. The van der Waals surface area contributed by atoms with E-state index in [9.17, 15) is 0 Å². The van der Waals surface area contributed by atoms with Crippen molar-refractivity contribution in [3.8, 4) is 67.5 Å². The van der Waals surface area contributed by atoms with Gasteiger partial charge in [0.25, 0.3) is 0 Å². The van der Waals surface area contributed by atoms with Crippen molar-refractivity contribution in [1.82, 2.24) is 15.0 Å². The lowest BCUT2D eigenvalue weighted by Crippen LogP contribution is -2.00. The number of benzene rings is 8. The average Bonchev–Trinajstić information content (AvgIpc) is 3.85. The van der Waals surface area contributed by atoms with Crippen LogP contribution in [0.4, 0.5) is 0 Å². The summed E-state index contributed by atoms with van der Waals surface area (Å²) in [6, 6.07) is 65.7. The maximum Gasteiger partial charge on any atom is 0.165 e. The molecule has 0 spiro atoms. The minimum Gasteiger partial charge on any atom is -0.456 e. The first-order valence-electron chi connectivity index (χ1n) is 18.7. The monoisotopic (exact) mass is 733 g/mol. The second kappa shape index (κ2) is 13.3. The lowest BCUT2D eigenvalue weighted by molar-refractivity contribution is 0.669.